The lowest BCUT2D eigenvalue weighted by molar-refractivity contribution is 0.0948. The van der Waals surface area contributed by atoms with E-state index in [9.17, 15) is 9.59 Å². The minimum Gasteiger partial charge on any atom is -0.496 e. The molecule has 2 amide bonds. The number of hydrogen-bond donors (Lipinski definition) is 2. The third-order valence-corrected chi connectivity index (χ3v) is 4.07. The molecule has 0 saturated heterocycles. The molecule has 0 aliphatic heterocycles. The smallest absolute Gasteiger partial charge is 0.251 e. The summed E-state index contributed by atoms with van der Waals surface area (Å²) in [5.41, 5.74) is 1.95. The molecule has 0 heterocycles. The minimum absolute atomic E-state index is 0.199. The van der Waals surface area contributed by atoms with E-state index < -0.39 is 0 Å². The second-order valence-corrected chi connectivity index (χ2v) is 6.00. The van der Waals surface area contributed by atoms with Crippen molar-refractivity contribution in [2.45, 2.75) is 12.8 Å². The topological polar surface area (TPSA) is 76.7 Å². The van der Waals surface area contributed by atoms with Gasteiger partial charge >= 0.3 is 0 Å². The molecule has 0 fully saturated rings. The van der Waals surface area contributed by atoms with Crippen LogP contribution in [0.2, 0.25) is 0 Å². The van der Waals surface area contributed by atoms with Gasteiger partial charge in [0.15, 0.2) is 0 Å². The number of rotatable bonds is 10. The highest BCUT2D eigenvalue weighted by Crippen LogP contribution is 2.17. The van der Waals surface area contributed by atoms with Gasteiger partial charge in [0.05, 0.1) is 7.11 Å². The molecule has 27 heavy (non-hydrogen) atoms. The molecule has 0 saturated carbocycles. The number of carbonyl (C=O) groups is 2. The third-order valence-electron chi connectivity index (χ3n) is 4.07. The molecule has 0 unspecified atom stereocenters. The van der Waals surface area contributed by atoms with Crippen molar-refractivity contribution in [2.75, 3.05) is 33.9 Å². The molecule has 6 heteroatoms. The monoisotopic (exact) mass is 370 g/mol. The highest BCUT2D eigenvalue weighted by atomic mass is 16.5. The fourth-order valence-corrected chi connectivity index (χ4v) is 2.64. The van der Waals surface area contributed by atoms with E-state index in [0.29, 0.717) is 37.2 Å². The Bertz CT molecular complexity index is 761. The van der Waals surface area contributed by atoms with Gasteiger partial charge in [-0.3, -0.25) is 9.59 Å². The van der Waals surface area contributed by atoms with Crippen molar-refractivity contribution in [2.24, 2.45) is 0 Å². The molecule has 0 radical (unpaired) electrons. The second-order valence-electron chi connectivity index (χ2n) is 6.00. The van der Waals surface area contributed by atoms with E-state index >= 15 is 0 Å². The van der Waals surface area contributed by atoms with Crippen LogP contribution in [0.25, 0.3) is 0 Å². The standard InChI is InChI=1S/C21H26N2O4/c1-26-14-6-12-22-20(24)17-8-5-9-18(15-17)21(25)23-13-11-16-7-3-4-10-19(16)27-2/h3-5,7-10,15H,6,11-14H2,1-2H3,(H,22,24)(H,23,25). The highest BCUT2D eigenvalue weighted by Gasteiger charge is 2.10. The lowest BCUT2D eigenvalue weighted by atomic mass is 10.1. The first kappa shape index (κ1) is 20.5. The van der Waals surface area contributed by atoms with Crippen molar-refractivity contribution in [1.29, 1.82) is 0 Å². The molecular formula is C21H26N2O4. The summed E-state index contributed by atoms with van der Waals surface area (Å²) in [6.45, 7) is 1.60. The van der Waals surface area contributed by atoms with Gasteiger partial charge in [-0.15, -0.1) is 0 Å². The first-order chi connectivity index (χ1) is 13.2. The predicted octanol–water partition coefficient (Wildman–Crippen LogP) is 2.43. The van der Waals surface area contributed by atoms with Gasteiger partial charge in [-0.05, 0) is 42.7 Å². The van der Waals surface area contributed by atoms with Gasteiger partial charge in [-0.2, -0.15) is 0 Å². The van der Waals surface area contributed by atoms with Crippen LogP contribution < -0.4 is 15.4 Å². The molecule has 0 aromatic heterocycles. The molecule has 6 nitrogen and oxygen atoms in total. The minimum atomic E-state index is -0.209. The summed E-state index contributed by atoms with van der Waals surface area (Å²) < 4.78 is 10.3. The maximum Gasteiger partial charge on any atom is 0.251 e. The molecule has 0 aliphatic rings. The van der Waals surface area contributed by atoms with Gasteiger partial charge in [0.2, 0.25) is 0 Å². The van der Waals surface area contributed by atoms with Gasteiger partial charge in [-0.1, -0.05) is 24.3 Å². The van der Waals surface area contributed by atoms with E-state index in [1.54, 1.807) is 38.5 Å². The molecule has 2 aromatic carbocycles. The van der Waals surface area contributed by atoms with Crippen LogP contribution in [0.3, 0.4) is 0 Å². The molecule has 2 N–H and O–H groups in total. The maximum absolute atomic E-state index is 12.4. The number of benzene rings is 2. The molecule has 0 spiro atoms. The van der Waals surface area contributed by atoms with E-state index in [1.165, 1.54) is 0 Å². The predicted molar refractivity (Wildman–Crippen MR) is 104 cm³/mol. The van der Waals surface area contributed by atoms with Crippen molar-refractivity contribution in [3.8, 4) is 5.75 Å². The summed E-state index contributed by atoms with van der Waals surface area (Å²) in [5, 5.41) is 5.69. The Morgan fingerprint density at radius 2 is 1.56 bits per heavy atom. The summed E-state index contributed by atoms with van der Waals surface area (Å²) in [6.07, 6.45) is 1.40. The second kappa shape index (κ2) is 11.0. The Morgan fingerprint density at radius 1 is 0.889 bits per heavy atom. The highest BCUT2D eigenvalue weighted by molar-refractivity contribution is 5.99. The van der Waals surface area contributed by atoms with Gasteiger partial charge in [0.1, 0.15) is 5.75 Å². The molecule has 0 bridgehead atoms. The molecule has 2 rings (SSSR count). The number of amides is 2. The van der Waals surface area contributed by atoms with E-state index in [2.05, 4.69) is 10.6 Å². The molecule has 0 aliphatic carbocycles. The number of ether oxygens (including phenoxy) is 2. The third kappa shape index (κ3) is 6.42. The van der Waals surface area contributed by atoms with Gasteiger partial charge < -0.3 is 20.1 Å². The summed E-state index contributed by atoms with van der Waals surface area (Å²) >= 11 is 0. The van der Waals surface area contributed by atoms with Crippen LogP contribution >= 0.6 is 0 Å². The fraction of sp³-hybridized carbons (Fsp3) is 0.333. The van der Waals surface area contributed by atoms with E-state index in [-0.39, 0.29) is 11.8 Å². The number of nitrogens with one attached hydrogen (secondary N) is 2. The average molecular weight is 370 g/mol. The summed E-state index contributed by atoms with van der Waals surface area (Å²) in [4.78, 5) is 24.5. The first-order valence-corrected chi connectivity index (χ1v) is 8.93. The van der Waals surface area contributed by atoms with Crippen molar-refractivity contribution in [3.05, 3.63) is 65.2 Å². The van der Waals surface area contributed by atoms with Gasteiger partial charge in [0.25, 0.3) is 11.8 Å². The van der Waals surface area contributed by atoms with Crippen LogP contribution in [0.5, 0.6) is 5.75 Å². The van der Waals surface area contributed by atoms with Crippen molar-refractivity contribution < 1.29 is 19.1 Å². The Kier molecular flexibility index (Phi) is 8.32. The van der Waals surface area contributed by atoms with Crippen molar-refractivity contribution in [1.82, 2.24) is 10.6 Å². The molecule has 144 valence electrons. The molecule has 0 atom stereocenters. The van der Waals surface area contributed by atoms with Gasteiger partial charge in [-0.25, -0.2) is 0 Å². The molecular weight excluding hydrogens is 344 g/mol. The number of methoxy groups -OCH3 is 2. The normalized spacial score (nSPS) is 10.3. The number of para-hydroxylation sites is 1. The van der Waals surface area contributed by atoms with Crippen LogP contribution in [-0.4, -0.2) is 45.7 Å². The summed E-state index contributed by atoms with van der Waals surface area (Å²) in [7, 11) is 3.25. The SMILES string of the molecule is COCCCNC(=O)c1cccc(C(=O)NCCc2ccccc2OC)c1. The van der Waals surface area contributed by atoms with E-state index in [0.717, 1.165) is 17.7 Å². The zero-order valence-corrected chi connectivity index (χ0v) is 15.8. The van der Waals surface area contributed by atoms with Crippen LogP contribution in [0.15, 0.2) is 48.5 Å². The number of carbonyl (C=O) groups excluding carboxylic acids is 2. The largest absolute Gasteiger partial charge is 0.496 e. The van der Waals surface area contributed by atoms with Crippen molar-refractivity contribution in [3.63, 3.8) is 0 Å². The quantitative estimate of drug-likeness (QED) is 0.630. The van der Waals surface area contributed by atoms with Crippen LogP contribution in [-0.2, 0) is 11.2 Å². The van der Waals surface area contributed by atoms with Crippen LogP contribution in [0.4, 0.5) is 0 Å². The lowest BCUT2D eigenvalue weighted by Gasteiger charge is -2.10. The summed E-state index contributed by atoms with van der Waals surface area (Å²) in [5.74, 6) is 0.396. The fourth-order valence-electron chi connectivity index (χ4n) is 2.64. The van der Waals surface area contributed by atoms with Gasteiger partial charge in [0, 0.05) is 37.9 Å². The average Bonchev–Trinajstić information content (AvgIpc) is 2.71. The van der Waals surface area contributed by atoms with Crippen molar-refractivity contribution >= 4 is 11.8 Å². The lowest BCUT2D eigenvalue weighted by Crippen LogP contribution is -2.27. The first-order valence-electron chi connectivity index (χ1n) is 8.93. The van der Waals surface area contributed by atoms with E-state index in [4.69, 9.17) is 9.47 Å². The summed E-state index contributed by atoms with van der Waals surface area (Å²) in [6, 6.07) is 14.4. The maximum atomic E-state index is 12.4. The molecule has 2 aromatic rings. The zero-order valence-electron chi connectivity index (χ0n) is 15.8. The Balaban J connectivity index is 1.88. The van der Waals surface area contributed by atoms with Crippen LogP contribution in [0, 0.1) is 0 Å². The Labute approximate surface area is 159 Å². The zero-order chi connectivity index (χ0) is 19.5. The Morgan fingerprint density at radius 3 is 2.22 bits per heavy atom. The van der Waals surface area contributed by atoms with E-state index in [1.807, 2.05) is 24.3 Å². The Hall–Kier alpha value is -2.86. The van der Waals surface area contributed by atoms with Crippen LogP contribution in [0.1, 0.15) is 32.7 Å². The number of hydrogen-bond acceptors (Lipinski definition) is 4.